The number of ketones is 1. The van der Waals surface area contributed by atoms with E-state index in [4.69, 9.17) is 4.74 Å². The molecule has 1 aromatic carbocycles. The number of aryl methyl sites for hydroxylation is 1. The van der Waals surface area contributed by atoms with Crippen molar-refractivity contribution in [3.8, 4) is 11.8 Å². The Morgan fingerprint density at radius 3 is 2.71 bits per heavy atom. The summed E-state index contributed by atoms with van der Waals surface area (Å²) in [7, 11) is 0. The van der Waals surface area contributed by atoms with Gasteiger partial charge in [0, 0.05) is 17.6 Å². The molecule has 3 rings (SSSR count). The Morgan fingerprint density at radius 2 is 2.06 bits per heavy atom. The number of thiazole rings is 1. The van der Waals surface area contributed by atoms with Crippen molar-refractivity contribution in [1.82, 2.24) is 19.7 Å². The fourth-order valence-corrected chi connectivity index (χ4v) is 4.55. The summed E-state index contributed by atoms with van der Waals surface area (Å²) in [5.74, 6) is 1.10. The number of thioether (sulfide) groups is 1. The summed E-state index contributed by atoms with van der Waals surface area (Å²) in [6.45, 7) is 7.21. The van der Waals surface area contributed by atoms with Gasteiger partial charge in [-0.05, 0) is 31.4 Å². The van der Waals surface area contributed by atoms with Crippen LogP contribution in [0.1, 0.15) is 42.7 Å². The topological polar surface area (TPSA) is 93.7 Å². The zero-order valence-electron chi connectivity index (χ0n) is 17.8. The quantitative estimate of drug-likeness (QED) is 0.389. The lowest BCUT2D eigenvalue weighted by atomic mass is 10.1. The molecule has 31 heavy (non-hydrogen) atoms. The second kappa shape index (κ2) is 11.1. The van der Waals surface area contributed by atoms with E-state index in [1.165, 1.54) is 23.1 Å². The zero-order valence-corrected chi connectivity index (χ0v) is 19.4. The van der Waals surface area contributed by atoms with Gasteiger partial charge < -0.3 is 9.30 Å². The van der Waals surface area contributed by atoms with E-state index in [-0.39, 0.29) is 11.5 Å². The Morgan fingerprint density at radius 1 is 1.29 bits per heavy atom. The van der Waals surface area contributed by atoms with Crippen LogP contribution in [0.25, 0.3) is 0 Å². The van der Waals surface area contributed by atoms with E-state index < -0.39 is 5.92 Å². The first-order chi connectivity index (χ1) is 15.0. The third-order valence-corrected chi connectivity index (χ3v) is 6.53. The molecular formula is C22H25N5O2S2. The third-order valence-electron chi connectivity index (χ3n) is 4.51. The average molecular weight is 456 g/mol. The second-order valence-electron chi connectivity index (χ2n) is 7.48. The van der Waals surface area contributed by atoms with Gasteiger partial charge in [0.15, 0.2) is 22.7 Å². The third kappa shape index (κ3) is 6.39. The molecule has 162 valence electrons. The highest BCUT2D eigenvalue weighted by molar-refractivity contribution is 7.99. The SMILES string of the molecule is Cc1csc([C@@H](C#N)C(=O)CSc2nnc(COc3ccccc3)n2CCC(C)C)n1. The van der Waals surface area contributed by atoms with Crippen molar-refractivity contribution in [2.45, 2.75) is 51.4 Å². The largest absolute Gasteiger partial charge is 0.486 e. The van der Waals surface area contributed by atoms with Crippen LogP contribution in [0.3, 0.4) is 0 Å². The molecule has 0 amide bonds. The van der Waals surface area contributed by atoms with Crippen molar-refractivity contribution in [3.63, 3.8) is 0 Å². The monoisotopic (exact) mass is 455 g/mol. The fourth-order valence-electron chi connectivity index (χ4n) is 2.80. The van der Waals surface area contributed by atoms with E-state index in [2.05, 4.69) is 35.1 Å². The number of rotatable bonds is 11. The van der Waals surface area contributed by atoms with Gasteiger partial charge in [0.1, 0.15) is 17.4 Å². The molecule has 0 N–H and O–H groups in total. The molecule has 0 spiro atoms. The molecule has 0 aliphatic carbocycles. The highest BCUT2D eigenvalue weighted by Crippen LogP contribution is 2.25. The van der Waals surface area contributed by atoms with E-state index in [9.17, 15) is 10.1 Å². The van der Waals surface area contributed by atoms with Gasteiger partial charge in [-0.25, -0.2) is 4.98 Å². The van der Waals surface area contributed by atoms with E-state index in [0.717, 1.165) is 24.4 Å². The van der Waals surface area contributed by atoms with Gasteiger partial charge in [-0.3, -0.25) is 4.79 Å². The molecule has 2 heterocycles. The molecule has 1 atom stereocenters. The van der Waals surface area contributed by atoms with Gasteiger partial charge in [-0.15, -0.1) is 21.5 Å². The maximum Gasteiger partial charge on any atom is 0.191 e. The molecule has 7 nitrogen and oxygen atoms in total. The lowest BCUT2D eigenvalue weighted by Crippen LogP contribution is -2.14. The van der Waals surface area contributed by atoms with Gasteiger partial charge >= 0.3 is 0 Å². The molecule has 3 aromatic rings. The molecule has 0 saturated carbocycles. The molecule has 0 fully saturated rings. The summed E-state index contributed by atoms with van der Waals surface area (Å²) < 4.78 is 7.85. The van der Waals surface area contributed by atoms with Crippen molar-refractivity contribution in [3.05, 3.63) is 52.2 Å². The lowest BCUT2D eigenvalue weighted by molar-refractivity contribution is -0.116. The standard InChI is InChI=1S/C22H25N5O2S2/c1-15(2)9-10-27-20(12-29-17-7-5-4-6-8-17)25-26-22(27)31-14-19(28)18(11-23)21-24-16(3)13-30-21/h4-8,13,15,18H,9-10,12,14H2,1-3H3/t18-/m0/s1. The Balaban J connectivity index is 1.69. The number of benzene rings is 1. The number of ether oxygens (including phenoxy) is 1. The molecule has 0 saturated heterocycles. The smallest absolute Gasteiger partial charge is 0.191 e. The minimum Gasteiger partial charge on any atom is -0.486 e. The van der Waals surface area contributed by atoms with E-state index in [1.807, 2.05) is 47.2 Å². The minimum atomic E-state index is -0.848. The Hall–Kier alpha value is -2.70. The van der Waals surface area contributed by atoms with Crippen LogP contribution in [0.2, 0.25) is 0 Å². The first-order valence-corrected chi connectivity index (χ1v) is 11.9. The predicted molar refractivity (Wildman–Crippen MR) is 121 cm³/mol. The number of Topliss-reactive ketones (excluding diaryl/α,β-unsaturated/α-hetero) is 1. The van der Waals surface area contributed by atoms with Gasteiger partial charge in [-0.1, -0.05) is 43.8 Å². The van der Waals surface area contributed by atoms with Crippen LogP contribution in [0.4, 0.5) is 0 Å². The number of hydrogen-bond acceptors (Lipinski definition) is 8. The van der Waals surface area contributed by atoms with Crippen LogP contribution >= 0.6 is 23.1 Å². The van der Waals surface area contributed by atoms with Gasteiger partial charge in [0.25, 0.3) is 0 Å². The van der Waals surface area contributed by atoms with Crippen molar-refractivity contribution in [2.75, 3.05) is 5.75 Å². The molecule has 0 unspecified atom stereocenters. The van der Waals surface area contributed by atoms with Crippen LogP contribution in [-0.2, 0) is 17.9 Å². The molecular weight excluding hydrogens is 430 g/mol. The number of carbonyl (C=O) groups is 1. The average Bonchev–Trinajstić information content (AvgIpc) is 3.36. The molecule has 9 heteroatoms. The summed E-state index contributed by atoms with van der Waals surface area (Å²) in [6.07, 6.45) is 0.955. The van der Waals surface area contributed by atoms with Crippen LogP contribution < -0.4 is 4.74 Å². The summed E-state index contributed by atoms with van der Waals surface area (Å²) in [5, 5.41) is 21.1. The van der Waals surface area contributed by atoms with Crippen LogP contribution in [-0.4, -0.2) is 31.3 Å². The molecule has 2 aromatic heterocycles. The lowest BCUT2D eigenvalue weighted by Gasteiger charge is -2.12. The molecule has 0 aliphatic rings. The van der Waals surface area contributed by atoms with Crippen molar-refractivity contribution < 1.29 is 9.53 Å². The van der Waals surface area contributed by atoms with Gasteiger partial charge in [0.05, 0.1) is 11.8 Å². The number of hydrogen-bond donors (Lipinski definition) is 0. The van der Waals surface area contributed by atoms with Crippen molar-refractivity contribution >= 4 is 28.9 Å². The normalized spacial score (nSPS) is 12.0. The Labute approximate surface area is 190 Å². The van der Waals surface area contributed by atoms with Gasteiger partial charge in [-0.2, -0.15) is 5.26 Å². The number of aromatic nitrogens is 4. The fraction of sp³-hybridized carbons (Fsp3) is 0.409. The summed E-state index contributed by atoms with van der Waals surface area (Å²) in [6, 6.07) is 11.6. The van der Waals surface area contributed by atoms with E-state index >= 15 is 0 Å². The van der Waals surface area contributed by atoms with E-state index in [1.54, 1.807) is 0 Å². The van der Waals surface area contributed by atoms with Crippen LogP contribution in [0, 0.1) is 24.2 Å². The first-order valence-electron chi connectivity index (χ1n) is 10.0. The van der Waals surface area contributed by atoms with E-state index in [0.29, 0.717) is 28.5 Å². The van der Waals surface area contributed by atoms with Crippen molar-refractivity contribution in [1.29, 1.82) is 5.26 Å². The zero-order chi connectivity index (χ0) is 22.2. The summed E-state index contributed by atoms with van der Waals surface area (Å²) in [5.41, 5.74) is 0.817. The molecule has 0 aliphatic heterocycles. The first kappa shape index (κ1) is 23.0. The van der Waals surface area contributed by atoms with Crippen molar-refractivity contribution in [2.24, 2.45) is 5.92 Å². The number of carbonyl (C=O) groups excluding carboxylic acids is 1. The Bertz CT molecular complexity index is 1040. The summed E-state index contributed by atoms with van der Waals surface area (Å²) >= 11 is 2.65. The second-order valence-corrected chi connectivity index (χ2v) is 9.31. The number of nitrogens with zero attached hydrogens (tertiary/aromatic N) is 5. The highest BCUT2D eigenvalue weighted by atomic mass is 32.2. The van der Waals surface area contributed by atoms with Crippen LogP contribution in [0.15, 0.2) is 40.9 Å². The van der Waals surface area contributed by atoms with Gasteiger partial charge in [0.2, 0.25) is 0 Å². The van der Waals surface area contributed by atoms with Crippen LogP contribution in [0.5, 0.6) is 5.75 Å². The highest BCUT2D eigenvalue weighted by Gasteiger charge is 2.24. The predicted octanol–water partition coefficient (Wildman–Crippen LogP) is 4.64. The molecule has 0 bridgehead atoms. The maximum absolute atomic E-state index is 12.7. The minimum absolute atomic E-state index is 0.135. The summed E-state index contributed by atoms with van der Waals surface area (Å²) in [4.78, 5) is 17.0. The number of nitriles is 1. The Kier molecular flexibility index (Phi) is 8.20. The maximum atomic E-state index is 12.7. The molecule has 0 radical (unpaired) electrons. The number of para-hydroxylation sites is 1.